The normalized spacial score (nSPS) is 8.78. The molecule has 0 aliphatic heterocycles. The third-order valence-electron chi connectivity index (χ3n) is 0.846. The zero-order chi connectivity index (χ0) is 7.44. The lowest BCUT2D eigenvalue weighted by molar-refractivity contribution is -0.129. The SMILES string of the molecule is C=C(C)CC(=O)N(C)N. The number of nitrogens with zero attached hydrogens (tertiary/aromatic N) is 1. The number of carbonyl (C=O) groups is 1. The van der Waals surface area contributed by atoms with E-state index in [1.54, 1.807) is 6.92 Å². The molecule has 0 aromatic carbocycles. The van der Waals surface area contributed by atoms with Gasteiger partial charge < -0.3 is 0 Å². The monoisotopic (exact) mass is 128 g/mol. The van der Waals surface area contributed by atoms with Crippen LogP contribution in [-0.4, -0.2) is 18.0 Å². The summed E-state index contributed by atoms with van der Waals surface area (Å²) in [6.07, 6.45) is 0.340. The van der Waals surface area contributed by atoms with E-state index >= 15 is 0 Å². The number of hydrazine groups is 1. The van der Waals surface area contributed by atoms with Gasteiger partial charge in [0.1, 0.15) is 0 Å². The molecule has 9 heavy (non-hydrogen) atoms. The van der Waals surface area contributed by atoms with Crippen molar-refractivity contribution < 1.29 is 4.79 Å². The van der Waals surface area contributed by atoms with Crippen LogP contribution in [0.1, 0.15) is 13.3 Å². The summed E-state index contributed by atoms with van der Waals surface area (Å²) in [5.74, 6) is 5.02. The predicted molar refractivity (Wildman–Crippen MR) is 36.4 cm³/mol. The Morgan fingerprint density at radius 1 is 1.78 bits per heavy atom. The zero-order valence-electron chi connectivity index (χ0n) is 5.85. The molecule has 0 rings (SSSR count). The third kappa shape index (κ3) is 3.73. The van der Waals surface area contributed by atoms with Crippen molar-refractivity contribution >= 4 is 5.91 Å². The van der Waals surface area contributed by atoms with E-state index < -0.39 is 0 Å². The van der Waals surface area contributed by atoms with Crippen LogP contribution >= 0.6 is 0 Å². The van der Waals surface area contributed by atoms with Gasteiger partial charge in [0.05, 0.1) is 0 Å². The van der Waals surface area contributed by atoms with Crippen molar-refractivity contribution in [2.75, 3.05) is 7.05 Å². The van der Waals surface area contributed by atoms with Gasteiger partial charge in [0, 0.05) is 13.5 Å². The molecule has 0 unspecified atom stereocenters. The number of amides is 1. The van der Waals surface area contributed by atoms with Crippen LogP contribution in [0.2, 0.25) is 0 Å². The molecule has 0 aromatic heterocycles. The number of rotatable bonds is 2. The lowest BCUT2D eigenvalue weighted by Gasteiger charge is -2.08. The summed E-state index contributed by atoms with van der Waals surface area (Å²) in [5, 5.41) is 1.06. The largest absolute Gasteiger partial charge is 0.284 e. The molecule has 0 aromatic rings. The summed E-state index contributed by atoms with van der Waals surface area (Å²) in [4.78, 5) is 10.7. The van der Waals surface area contributed by atoms with E-state index in [4.69, 9.17) is 5.84 Å². The summed E-state index contributed by atoms with van der Waals surface area (Å²) in [5.41, 5.74) is 0.831. The van der Waals surface area contributed by atoms with Crippen LogP contribution in [0, 0.1) is 0 Å². The second-order valence-electron chi connectivity index (χ2n) is 2.14. The van der Waals surface area contributed by atoms with E-state index in [1.807, 2.05) is 0 Å². The molecule has 0 heterocycles. The van der Waals surface area contributed by atoms with Gasteiger partial charge >= 0.3 is 0 Å². The highest BCUT2D eigenvalue weighted by Crippen LogP contribution is 1.95. The molecule has 0 aliphatic rings. The fourth-order valence-electron chi connectivity index (χ4n) is 0.383. The molecule has 0 fully saturated rings. The molecule has 0 aliphatic carbocycles. The van der Waals surface area contributed by atoms with Gasteiger partial charge in [0.15, 0.2) is 0 Å². The van der Waals surface area contributed by atoms with Gasteiger partial charge in [0.25, 0.3) is 0 Å². The predicted octanol–water partition coefficient (Wildman–Crippen LogP) is 0.285. The van der Waals surface area contributed by atoms with E-state index in [-0.39, 0.29) is 5.91 Å². The Hall–Kier alpha value is -0.830. The molecular formula is C6H12N2O. The van der Waals surface area contributed by atoms with Crippen LogP contribution in [0.5, 0.6) is 0 Å². The maximum atomic E-state index is 10.7. The first-order chi connectivity index (χ1) is 4.04. The second kappa shape index (κ2) is 3.25. The van der Waals surface area contributed by atoms with Crippen LogP contribution in [-0.2, 0) is 4.79 Å². The first kappa shape index (κ1) is 8.17. The van der Waals surface area contributed by atoms with E-state index in [0.29, 0.717) is 6.42 Å². The summed E-state index contributed by atoms with van der Waals surface area (Å²) in [6, 6.07) is 0. The van der Waals surface area contributed by atoms with Crippen molar-refractivity contribution in [3.63, 3.8) is 0 Å². The van der Waals surface area contributed by atoms with Crippen molar-refractivity contribution in [1.82, 2.24) is 5.01 Å². The maximum absolute atomic E-state index is 10.7. The third-order valence-corrected chi connectivity index (χ3v) is 0.846. The smallest absolute Gasteiger partial charge is 0.240 e. The minimum Gasteiger partial charge on any atom is -0.284 e. The minimum absolute atomic E-state index is 0.109. The number of hydrogen-bond donors (Lipinski definition) is 1. The first-order valence-corrected chi connectivity index (χ1v) is 2.69. The second-order valence-corrected chi connectivity index (χ2v) is 2.14. The highest BCUT2D eigenvalue weighted by Gasteiger charge is 2.02. The molecule has 0 saturated carbocycles. The Morgan fingerprint density at radius 3 is 2.33 bits per heavy atom. The number of carbonyl (C=O) groups excluding carboxylic acids is 1. The lowest BCUT2D eigenvalue weighted by atomic mass is 10.2. The van der Waals surface area contributed by atoms with E-state index in [2.05, 4.69) is 6.58 Å². The molecule has 2 N–H and O–H groups in total. The van der Waals surface area contributed by atoms with Crippen LogP contribution in [0.15, 0.2) is 12.2 Å². The minimum atomic E-state index is -0.109. The summed E-state index contributed by atoms with van der Waals surface area (Å²) in [6.45, 7) is 5.37. The molecule has 0 spiro atoms. The maximum Gasteiger partial charge on any atom is 0.240 e. The Bertz CT molecular complexity index is 129. The fraction of sp³-hybridized carbons (Fsp3) is 0.500. The average Bonchev–Trinajstić information content (AvgIpc) is 1.63. The van der Waals surface area contributed by atoms with Gasteiger partial charge in [-0.2, -0.15) is 0 Å². The molecular weight excluding hydrogens is 116 g/mol. The van der Waals surface area contributed by atoms with Gasteiger partial charge in [0.2, 0.25) is 5.91 Å². The van der Waals surface area contributed by atoms with Crippen LogP contribution in [0.4, 0.5) is 0 Å². The highest BCUT2D eigenvalue weighted by atomic mass is 16.2. The summed E-state index contributed by atoms with van der Waals surface area (Å²) in [7, 11) is 1.52. The summed E-state index contributed by atoms with van der Waals surface area (Å²) < 4.78 is 0. The van der Waals surface area contributed by atoms with Gasteiger partial charge in [-0.15, -0.1) is 0 Å². The van der Waals surface area contributed by atoms with Gasteiger partial charge in [-0.3, -0.25) is 9.80 Å². The molecule has 0 bridgehead atoms. The molecule has 3 heteroatoms. The lowest BCUT2D eigenvalue weighted by Crippen LogP contribution is -2.32. The van der Waals surface area contributed by atoms with Crippen molar-refractivity contribution in [3.05, 3.63) is 12.2 Å². The van der Waals surface area contributed by atoms with Crippen molar-refractivity contribution in [2.45, 2.75) is 13.3 Å². The topological polar surface area (TPSA) is 46.3 Å². The Morgan fingerprint density at radius 2 is 2.22 bits per heavy atom. The molecule has 0 saturated heterocycles. The first-order valence-electron chi connectivity index (χ1n) is 2.69. The van der Waals surface area contributed by atoms with Gasteiger partial charge in [-0.1, -0.05) is 12.2 Å². The van der Waals surface area contributed by atoms with Crippen LogP contribution in [0.25, 0.3) is 0 Å². The standard InChI is InChI=1S/C6H12N2O/c1-5(2)4-6(9)8(3)7/h1,4,7H2,2-3H3. The van der Waals surface area contributed by atoms with E-state index in [0.717, 1.165) is 10.6 Å². The number of hydrogen-bond acceptors (Lipinski definition) is 2. The van der Waals surface area contributed by atoms with Gasteiger partial charge in [-0.25, -0.2) is 5.84 Å². The Kier molecular flexibility index (Phi) is 2.95. The molecule has 52 valence electrons. The molecule has 0 radical (unpaired) electrons. The van der Waals surface area contributed by atoms with Crippen LogP contribution < -0.4 is 5.84 Å². The van der Waals surface area contributed by atoms with E-state index in [1.165, 1.54) is 7.05 Å². The molecule has 0 atom stereocenters. The highest BCUT2D eigenvalue weighted by molar-refractivity contribution is 5.77. The fourth-order valence-corrected chi connectivity index (χ4v) is 0.383. The number of nitrogens with two attached hydrogens (primary N) is 1. The zero-order valence-corrected chi connectivity index (χ0v) is 5.85. The molecule has 3 nitrogen and oxygen atoms in total. The Labute approximate surface area is 55.1 Å². The van der Waals surface area contributed by atoms with E-state index in [9.17, 15) is 4.79 Å². The van der Waals surface area contributed by atoms with Crippen molar-refractivity contribution in [2.24, 2.45) is 5.84 Å². The van der Waals surface area contributed by atoms with Crippen molar-refractivity contribution in [3.8, 4) is 0 Å². The van der Waals surface area contributed by atoms with Gasteiger partial charge in [-0.05, 0) is 6.92 Å². The average molecular weight is 128 g/mol. The quantitative estimate of drug-likeness (QED) is 0.251. The summed E-state index contributed by atoms with van der Waals surface area (Å²) >= 11 is 0. The van der Waals surface area contributed by atoms with Crippen molar-refractivity contribution in [1.29, 1.82) is 0 Å². The Balaban J connectivity index is 3.64. The molecule has 1 amide bonds. The van der Waals surface area contributed by atoms with Crippen LogP contribution in [0.3, 0.4) is 0 Å².